The SMILES string of the molecule is CN1C(=O)C(c2ccc3c(c2)CCO3)N=C1N. The van der Waals surface area contributed by atoms with E-state index < -0.39 is 6.04 Å². The van der Waals surface area contributed by atoms with Crippen molar-refractivity contribution in [3.05, 3.63) is 29.3 Å². The van der Waals surface area contributed by atoms with Crippen LogP contribution in [-0.2, 0) is 11.2 Å². The van der Waals surface area contributed by atoms with E-state index in [2.05, 4.69) is 4.99 Å². The number of amides is 1. The quantitative estimate of drug-likeness (QED) is 0.763. The fourth-order valence-corrected chi connectivity index (χ4v) is 2.16. The highest BCUT2D eigenvalue weighted by atomic mass is 16.5. The molecule has 0 saturated heterocycles. The van der Waals surface area contributed by atoms with E-state index in [1.165, 1.54) is 4.90 Å². The summed E-state index contributed by atoms with van der Waals surface area (Å²) in [4.78, 5) is 17.5. The average molecular weight is 231 g/mol. The van der Waals surface area contributed by atoms with Crippen molar-refractivity contribution in [1.82, 2.24) is 4.90 Å². The lowest BCUT2D eigenvalue weighted by molar-refractivity contribution is -0.126. The molecule has 2 N–H and O–H groups in total. The van der Waals surface area contributed by atoms with Crippen molar-refractivity contribution in [2.75, 3.05) is 13.7 Å². The van der Waals surface area contributed by atoms with Gasteiger partial charge in [-0.2, -0.15) is 0 Å². The van der Waals surface area contributed by atoms with Gasteiger partial charge in [0.15, 0.2) is 12.0 Å². The first-order valence-corrected chi connectivity index (χ1v) is 5.53. The second-order valence-corrected chi connectivity index (χ2v) is 4.25. The normalized spacial score (nSPS) is 22.4. The molecule has 2 heterocycles. The molecule has 1 aromatic carbocycles. The van der Waals surface area contributed by atoms with Crippen LogP contribution in [0.2, 0.25) is 0 Å². The zero-order valence-electron chi connectivity index (χ0n) is 9.51. The van der Waals surface area contributed by atoms with Gasteiger partial charge in [-0.15, -0.1) is 0 Å². The molecule has 1 amide bonds. The molecule has 0 radical (unpaired) electrons. The summed E-state index contributed by atoms with van der Waals surface area (Å²) in [7, 11) is 1.64. The van der Waals surface area contributed by atoms with Crippen LogP contribution in [0.25, 0.3) is 0 Å². The molecule has 5 nitrogen and oxygen atoms in total. The van der Waals surface area contributed by atoms with Gasteiger partial charge in [0, 0.05) is 13.5 Å². The molecular formula is C12H13N3O2. The van der Waals surface area contributed by atoms with Crippen LogP contribution in [0.1, 0.15) is 17.2 Å². The summed E-state index contributed by atoms with van der Waals surface area (Å²) >= 11 is 0. The minimum Gasteiger partial charge on any atom is -0.493 e. The number of aliphatic imine (C=N–C) groups is 1. The van der Waals surface area contributed by atoms with Gasteiger partial charge in [-0.1, -0.05) is 6.07 Å². The number of fused-ring (bicyclic) bond motifs is 1. The van der Waals surface area contributed by atoms with Gasteiger partial charge in [-0.05, 0) is 23.3 Å². The first-order valence-electron chi connectivity index (χ1n) is 5.53. The van der Waals surface area contributed by atoms with Crippen molar-refractivity contribution in [2.45, 2.75) is 12.5 Å². The van der Waals surface area contributed by atoms with Crippen LogP contribution in [0, 0.1) is 0 Å². The van der Waals surface area contributed by atoms with Crippen molar-refractivity contribution in [1.29, 1.82) is 0 Å². The Morgan fingerprint density at radius 2 is 2.35 bits per heavy atom. The molecule has 2 aliphatic heterocycles. The van der Waals surface area contributed by atoms with E-state index in [9.17, 15) is 4.79 Å². The first kappa shape index (κ1) is 10.1. The van der Waals surface area contributed by atoms with Gasteiger partial charge in [0.2, 0.25) is 0 Å². The van der Waals surface area contributed by atoms with Gasteiger partial charge in [-0.3, -0.25) is 9.69 Å². The molecule has 3 rings (SSSR count). The summed E-state index contributed by atoms with van der Waals surface area (Å²) in [5, 5.41) is 0. The fourth-order valence-electron chi connectivity index (χ4n) is 2.16. The predicted molar refractivity (Wildman–Crippen MR) is 62.8 cm³/mol. The number of benzene rings is 1. The van der Waals surface area contributed by atoms with Gasteiger partial charge >= 0.3 is 0 Å². The smallest absolute Gasteiger partial charge is 0.258 e. The summed E-state index contributed by atoms with van der Waals surface area (Å²) < 4.78 is 5.43. The molecule has 5 heteroatoms. The predicted octanol–water partition coefficient (Wildman–Crippen LogP) is 0.449. The van der Waals surface area contributed by atoms with Crippen molar-refractivity contribution in [3.63, 3.8) is 0 Å². The van der Waals surface area contributed by atoms with Crippen LogP contribution in [0.4, 0.5) is 0 Å². The van der Waals surface area contributed by atoms with E-state index in [0.717, 1.165) is 23.3 Å². The van der Waals surface area contributed by atoms with Crippen molar-refractivity contribution in [3.8, 4) is 5.75 Å². The van der Waals surface area contributed by atoms with Crippen LogP contribution in [0.15, 0.2) is 23.2 Å². The highest BCUT2D eigenvalue weighted by Crippen LogP contribution is 2.31. The maximum Gasteiger partial charge on any atom is 0.258 e. The lowest BCUT2D eigenvalue weighted by Gasteiger charge is -2.10. The van der Waals surface area contributed by atoms with Crippen LogP contribution in [0.5, 0.6) is 5.75 Å². The van der Waals surface area contributed by atoms with Crippen molar-refractivity contribution in [2.24, 2.45) is 10.7 Å². The van der Waals surface area contributed by atoms with Gasteiger partial charge in [0.25, 0.3) is 5.91 Å². The van der Waals surface area contributed by atoms with Gasteiger partial charge < -0.3 is 10.5 Å². The van der Waals surface area contributed by atoms with Gasteiger partial charge in [0.05, 0.1) is 6.61 Å². The second kappa shape index (κ2) is 3.48. The van der Waals surface area contributed by atoms with E-state index >= 15 is 0 Å². The maximum atomic E-state index is 11.9. The standard InChI is InChI=1S/C12H13N3O2/c1-15-11(16)10(14-12(15)13)8-2-3-9-7(6-8)4-5-17-9/h2-3,6,10H,4-5H2,1H3,(H2,13,14). The summed E-state index contributed by atoms with van der Waals surface area (Å²) in [6.45, 7) is 0.711. The monoisotopic (exact) mass is 231 g/mol. The first-order chi connectivity index (χ1) is 8.16. The highest BCUT2D eigenvalue weighted by molar-refractivity contribution is 6.04. The minimum atomic E-state index is -0.495. The second-order valence-electron chi connectivity index (χ2n) is 4.25. The van der Waals surface area contributed by atoms with E-state index in [1.54, 1.807) is 7.05 Å². The van der Waals surface area contributed by atoms with E-state index in [-0.39, 0.29) is 11.9 Å². The number of nitrogens with zero attached hydrogens (tertiary/aromatic N) is 2. The number of nitrogens with two attached hydrogens (primary N) is 1. The number of likely N-dealkylation sites (N-methyl/N-ethyl adjacent to an activating group) is 1. The number of rotatable bonds is 1. The number of hydrogen-bond acceptors (Lipinski definition) is 4. The third-order valence-corrected chi connectivity index (χ3v) is 3.20. The molecule has 0 fully saturated rings. The van der Waals surface area contributed by atoms with Crippen LogP contribution < -0.4 is 10.5 Å². The Hall–Kier alpha value is -2.04. The molecule has 1 unspecified atom stereocenters. The number of hydrogen-bond donors (Lipinski definition) is 1. The lowest BCUT2D eigenvalue weighted by atomic mass is 10.0. The summed E-state index contributed by atoms with van der Waals surface area (Å²) in [6, 6.07) is 5.27. The lowest BCUT2D eigenvalue weighted by Crippen LogP contribution is -2.34. The van der Waals surface area contributed by atoms with Gasteiger partial charge in [-0.25, -0.2) is 4.99 Å². The molecule has 1 aromatic rings. The molecule has 17 heavy (non-hydrogen) atoms. The Bertz CT molecular complexity index is 524. The summed E-state index contributed by atoms with van der Waals surface area (Å²) in [5.41, 5.74) is 7.66. The van der Waals surface area contributed by atoms with Crippen LogP contribution >= 0.6 is 0 Å². The molecule has 1 atom stereocenters. The molecule has 0 saturated carbocycles. The average Bonchev–Trinajstić information content (AvgIpc) is 2.89. The molecular weight excluding hydrogens is 218 g/mol. The maximum absolute atomic E-state index is 11.9. The molecule has 0 aromatic heterocycles. The number of ether oxygens (including phenoxy) is 1. The highest BCUT2D eigenvalue weighted by Gasteiger charge is 2.32. The third-order valence-electron chi connectivity index (χ3n) is 3.20. The van der Waals surface area contributed by atoms with Crippen LogP contribution in [0.3, 0.4) is 0 Å². The largest absolute Gasteiger partial charge is 0.493 e. The molecule has 88 valence electrons. The van der Waals surface area contributed by atoms with Crippen LogP contribution in [-0.4, -0.2) is 30.4 Å². The molecule has 0 aliphatic carbocycles. The third kappa shape index (κ3) is 1.46. The molecule has 2 aliphatic rings. The zero-order valence-corrected chi connectivity index (χ0v) is 9.51. The molecule has 0 spiro atoms. The van der Waals surface area contributed by atoms with E-state index in [4.69, 9.17) is 10.5 Å². The molecule has 0 bridgehead atoms. The Balaban J connectivity index is 1.98. The number of carbonyl (C=O) groups excluding carboxylic acids is 1. The van der Waals surface area contributed by atoms with Crippen molar-refractivity contribution >= 4 is 11.9 Å². The topological polar surface area (TPSA) is 67.9 Å². The minimum absolute atomic E-state index is 0.0821. The van der Waals surface area contributed by atoms with E-state index in [0.29, 0.717) is 6.61 Å². The summed E-state index contributed by atoms with van der Waals surface area (Å²) in [5.74, 6) is 1.10. The Morgan fingerprint density at radius 3 is 3.06 bits per heavy atom. The van der Waals surface area contributed by atoms with Gasteiger partial charge in [0.1, 0.15) is 5.75 Å². The number of guanidine groups is 1. The van der Waals surface area contributed by atoms with E-state index in [1.807, 2.05) is 18.2 Å². The fraction of sp³-hybridized carbons (Fsp3) is 0.333. The zero-order chi connectivity index (χ0) is 12.0. The van der Waals surface area contributed by atoms with Crippen molar-refractivity contribution < 1.29 is 9.53 Å². The summed E-state index contributed by atoms with van der Waals surface area (Å²) in [6.07, 6.45) is 0.888. The Labute approximate surface area is 98.9 Å². The Kier molecular flexibility index (Phi) is 2.07. The Morgan fingerprint density at radius 1 is 1.53 bits per heavy atom. The number of carbonyl (C=O) groups is 1.